The van der Waals surface area contributed by atoms with E-state index in [0.717, 1.165) is 95.0 Å². The van der Waals surface area contributed by atoms with Crippen molar-refractivity contribution in [2.75, 3.05) is 25.5 Å². The highest BCUT2D eigenvalue weighted by Gasteiger charge is 2.35. The first-order chi connectivity index (χ1) is 16.6. The van der Waals surface area contributed by atoms with Crippen LogP contribution in [-0.2, 0) is 11.2 Å². The number of allylic oxidation sites excluding steroid dienone is 1. The molecule has 0 unspecified atom stereocenters. The molecule has 6 rings (SSSR count). The molecule has 0 bridgehead atoms. The molecule has 3 aliphatic rings. The van der Waals surface area contributed by atoms with Gasteiger partial charge in [0.15, 0.2) is 0 Å². The number of carbonyl (C=O) groups excluding carboxylic acids is 2. The van der Waals surface area contributed by atoms with Crippen LogP contribution in [0.2, 0.25) is 0 Å². The maximum Gasteiger partial charge on any atom is 0.256 e. The second-order valence-electron chi connectivity index (χ2n) is 9.25. The smallest absolute Gasteiger partial charge is 0.256 e. The molecule has 1 aromatic heterocycles. The summed E-state index contributed by atoms with van der Waals surface area (Å²) in [7, 11) is 1.66. The summed E-state index contributed by atoms with van der Waals surface area (Å²) in [5.41, 5.74) is 9.10. The molecule has 0 radical (unpaired) electrons. The molecule has 1 saturated heterocycles. The molecule has 1 aliphatic carbocycles. The van der Waals surface area contributed by atoms with Crippen LogP contribution in [0.5, 0.6) is 5.75 Å². The number of H-pyrrole nitrogens is 1. The van der Waals surface area contributed by atoms with Gasteiger partial charge < -0.3 is 19.9 Å². The van der Waals surface area contributed by atoms with Crippen LogP contribution in [-0.4, -0.2) is 41.9 Å². The first kappa shape index (κ1) is 20.8. The van der Waals surface area contributed by atoms with Crippen molar-refractivity contribution in [2.24, 2.45) is 0 Å². The molecular formula is C28H27N3O3. The number of likely N-dealkylation sites (tertiary alicyclic amines) is 1. The fourth-order valence-electron chi connectivity index (χ4n) is 5.70. The predicted octanol–water partition coefficient (Wildman–Crippen LogP) is 5.04. The van der Waals surface area contributed by atoms with Crippen molar-refractivity contribution in [3.05, 3.63) is 70.5 Å². The Bertz CT molecular complexity index is 1380. The molecule has 6 nitrogen and oxygen atoms in total. The van der Waals surface area contributed by atoms with Crippen molar-refractivity contribution in [3.63, 3.8) is 0 Å². The molecule has 34 heavy (non-hydrogen) atoms. The number of carbonyl (C=O) groups is 2. The number of hydrogen-bond acceptors (Lipinski definition) is 3. The molecule has 2 amide bonds. The Morgan fingerprint density at radius 1 is 1.03 bits per heavy atom. The summed E-state index contributed by atoms with van der Waals surface area (Å²) in [6.45, 7) is 3.62. The zero-order valence-electron chi connectivity index (χ0n) is 19.5. The fourth-order valence-corrected chi connectivity index (χ4v) is 5.70. The third-order valence-corrected chi connectivity index (χ3v) is 7.31. The van der Waals surface area contributed by atoms with Crippen molar-refractivity contribution in [3.8, 4) is 16.9 Å². The van der Waals surface area contributed by atoms with Crippen LogP contribution in [0.1, 0.15) is 52.1 Å². The van der Waals surface area contributed by atoms with E-state index in [-0.39, 0.29) is 11.8 Å². The van der Waals surface area contributed by atoms with Crippen LogP contribution in [0.15, 0.2) is 42.5 Å². The van der Waals surface area contributed by atoms with Crippen molar-refractivity contribution < 1.29 is 14.3 Å². The maximum atomic E-state index is 13.2. The molecule has 3 heterocycles. The van der Waals surface area contributed by atoms with Crippen LogP contribution in [0.3, 0.4) is 0 Å². The zero-order valence-corrected chi connectivity index (χ0v) is 19.5. The van der Waals surface area contributed by atoms with Crippen molar-refractivity contribution in [2.45, 2.75) is 32.6 Å². The first-order valence-corrected chi connectivity index (χ1v) is 11.9. The molecule has 6 heteroatoms. The number of benzene rings is 2. The van der Waals surface area contributed by atoms with Crippen molar-refractivity contribution in [1.29, 1.82) is 0 Å². The highest BCUT2D eigenvalue weighted by atomic mass is 16.5. The van der Waals surface area contributed by atoms with Gasteiger partial charge in [0.2, 0.25) is 0 Å². The number of methoxy groups -OCH3 is 1. The van der Waals surface area contributed by atoms with E-state index in [1.54, 1.807) is 7.11 Å². The Morgan fingerprint density at radius 3 is 2.62 bits per heavy atom. The van der Waals surface area contributed by atoms with Crippen LogP contribution < -0.4 is 10.1 Å². The van der Waals surface area contributed by atoms with Crippen molar-refractivity contribution >= 4 is 28.6 Å². The minimum Gasteiger partial charge on any atom is -0.496 e. The number of hydrogen-bond donors (Lipinski definition) is 2. The molecule has 0 saturated carbocycles. The van der Waals surface area contributed by atoms with Gasteiger partial charge in [-0.1, -0.05) is 30.3 Å². The van der Waals surface area contributed by atoms with Gasteiger partial charge >= 0.3 is 0 Å². The standard InChI is InChI=1S/C28H27N3O3/c1-16-24(28(33)31-13-5-6-14-31)20-11-12-21(26(20)29-16)25-19-10-9-17(15-22(19)30-27(25)32)18-7-3-4-8-23(18)34-2/h3-4,7-10,15,29H,5-6,11-14H2,1-2H3,(H,30,32)/b25-21-. The number of para-hydroxylation sites is 1. The van der Waals surface area contributed by atoms with E-state index in [0.29, 0.717) is 5.57 Å². The van der Waals surface area contributed by atoms with Gasteiger partial charge in [0.05, 0.1) is 18.2 Å². The Balaban J connectivity index is 1.42. The van der Waals surface area contributed by atoms with Crippen LogP contribution in [0, 0.1) is 6.92 Å². The second kappa shape index (κ2) is 7.90. The number of aryl methyl sites for hydroxylation is 1. The van der Waals surface area contributed by atoms with Gasteiger partial charge in [-0.05, 0) is 61.4 Å². The van der Waals surface area contributed by atoms with Gasteiger partial charge in [-0.2, -0.15) is 0 Å². The molecular weight excluding hydrogens is 426 g/mol. The van der Waals surface area contributed by atoms with Gasteiger partial charge in [-0.3, -0.25) is 9.59 Å². The monoisotopic (exact) mass is 453 g/mol. The normalized spacial score (nSPS) is 18.8. The number of nitrogens with zero attached hydrogens (tertiary/aromatic N) is 1. The van der Waals surface area contributed by atoms with E-state index in [1.165, 1.54) is 0 Å². The molecule has 172 valence electrons. The molecule has 3 aromatic rings. The molecule has 0 spiro atoms. The van der Waals surface area contributed by atoms with Crippen LogP contribution in [0.25, 0.3) is 22.3 Å². The van der Waals surface area contributed by atoms with E-state index >= 15 is 0 Å². The van der Waals surface area contributed by atoms with Crippen LogP contribution in [0.4, 0.5) is 5.69 Å². The number of amides is 2. The topological polar surface area (TPSA) is 74.4 Å². The fraction of sp³-hybridized carbons (Fsp3) is 0.286. The van der Waals surface area contributed by atoms with E-state index in [9.17, 15) is 9.59 Å². The summed E-state index contributed by atoms with van der Waals surface area (Å²) < 4.78 is 5.52. The molecule has 2 aromatic carbocycles. The number of aromatic nitrogens is 1. The Kier molecular flexibility index (Phi) is 4.83. The third kappa shape index (κ3) is 3.09. The number of anilines is 1. The third-order valence-electron chi connectivity index (χ3n) is 7.31. The van der Waals surface area contributed by atoms with Gasteiger partial charge in [-0.25, -0.2) is 0 Å². The Morgan fingerprint density at radius 2 is 1.82 bits per heavy atom. The summed E-state index contributed by atoms with van der Waals surface area (Å²) in [5, 5.41) is 3.07. The molecule has 2 aliphatic heterocycles. The average molecular weight is 454 g/mol. The minimum absolute atomic E-state index is 0.0882. The van der Waals surface area contributed by atoms with Gasteiger partial charge in [0, 0.05) is 41.3 Å². The highest BCUT2D eigenvalue weighted by molar-refractivity contribution is 6.37. The lowest BCUT2D eigenvalue weighted by Gasteiger charge is -2.15. The van der Waals surface area contributed by atoms with Gasteiger partial charge in [-0.15, -0.1) is 0 Å². The molecule has 1 fully saturated rings. The molecule has 0 atom stereocenters. The summed E-state index contributed by atoms with van der Waals surface area (Å²) in [4.78, 5) is 31.8. The number of rotatable bonds is 3. The van der Waals surface area contributed by atoms with E-state index in [4.69, 9.17) is 4.74 Å². The summed E-state index contributed by atoms with van der Waals surface area (Å²) in [5.74, 6) is 0.828. The minimum atomic E-state index is -0.0882. The Hall–Kier alpha value is -3.80. The van der Waals surface area contributed by atoms with E-state index in [1.807, 2.05) is 54.3 Å². The SMILES string of the molecule is COc1ccccc1-c1ccc2c(c1)NC(=O)/C2=C1/CCc2c1[nH]c(C)c2C(=O)N1CCCC1. The number of nitrogens with one attached hydrogen (secondary N) is 2. The molecule has 2 N–H and O–H groups in total. The lowest BCUT2D eigenvalue weighted by atomic mass is 9.96. The van der Waals surface area contributed by atoms with Crippen LogP contribution >= 0.6 is 0 Å². The van der Waals surface area contributed by atoms with Gasteiger partial charge in [0.1, 0.15) is 5.75 Å². The largest absolute Gasteiger partial charge is 0.496 e. The number of aromatic amines is 1. The summed E-state index contributed by atoms with van der Waals surface area (Å²) in [6, 6.07) is 13.9. The van der Waals surface area contributed by atoms with Gasteiger partial charge in [0.25, 0.3) is 11.8 Å². The predicted molar refractivity (Wildman–Crippen MR) is 133 cm³/mol. The maximum absolute atomic E-state index is 13.2. The zero-order chi connectivity index (χ0) is 23.4. The average Bonchev–Trinajstić information content (AvgIpc) is 3.62. The first-order valence-electron chi connectivity index (χ1n) is 11.9. The number of ether oxygens (including phenoxy) is 1. The van der Waals surface area contributed by atoms with E-state index < -0.39 is 0 Å². The lowest BCUT2D eigenvalue weighted by molar-refractivity contribution is -0.110. The summed E-state index contributed by atoms with van der Waals surface area (Å²) >= 11 is 0. The second-order valence-corrected chi connectivity index (χ2v) is 9.25. The lowest BCUT2D eigenvalue weighted by Crippen LogP contribution is -2.28. The number of fused-ring (bicyclic) bond motifs is 2. The van der Waals surface area contributed by atoms with Crippen molar-refractivity contribution in [1.82, 2.24) is 9.88 Å². The Labute approximate surface area is 198 Å². The summed E-state index contributed by atoms with van der Waals surface area (Å²) in [6.07, 6.45) is 3.66. The quantitative estimate of drug-likeness (QED) is 0.546. The highest BCUT2D eigenvalue weighted by Crippen LogP contribution is 2.45. The van der Waals surface area contributed by atoms with E-state index in [2.05, 4.69) is 10.3 Å².